The van der Waals surface area contributed by atoms with Crippen molar-refractivity contribution < 1.29 is 8.42 Å². The average molecular weight is 738 g/mol. The standard InChI is InChI=1S/C7H10O2S.6C4H9.2Sn/c1-3-5-7-10(8,9)6-4-2;6*1-3-4-2;;/h2,4-5H,6-7H2,1H3;6*1,3-4H2,2H3;;. The second-order valence-corrected chi connectivity index (χ2v) is 40.6. The van der Waals surface area contributed by atoms with E-state index in [-0.39, 0.29) is 11.5 Å². The van der Waals surface area contributed by atoms with Crippen molar-refractivity contribution in [1.29, 1.82) is 0 Å². The second kappa shape index (κ2) is 21.8. The zero-order valence-corrected chi connectivity index (χ0v) is 32.1. The van der Waals surface area contributed by atoms with Crippen molar-refractivity contribution >= 4 is 46.6 Å². The van der Waals surface area contributed by atoms with E-state index in [1.54, 1.807) is 3.59 Å². The SMILES string of the molecule is CCC[CH2][Sn](/[CH]=C/CS(=O)(=O)C/C=[C](\C)[Sn]([CH2]CCC)([CH2]CCC)[CH2]CCC)([CH2]CCC)[CH2]CCC. The molecule has 0 unspecified atom stereocenters. The van der Waals surface area contributed by atoms with Gasteiger partial charge in [-0.15, -0.1) is 0 Å². The zero-order chi connectivity index (χ0) is 27.3. The summed E-state index contributed by atoms with van der Waals surface area (Å²) >= 11 is -4.89. The van der Waals surface area contributed by atoms with Crippen LogP contribution < -0.4 is 0 Å². The van der Waals surface area contributed by atoms with E-state index in [2.05, 4.69) is 64.7 Å². The Hall–Kier alpha value is 1.03. The van der Waals surface area contributed by atoms with Gasteiger partial charge in [-0.2, -0.15) is 0 Å². The van der Waals surface area contributed by atoms with Crippen molar-refractivity contribution in [2.45, 2.75) is 152 Å². The first-order chi connectivity index (χ1) is 17.2. The summed E-state index contributed by atoms with van der Waals surface area (Å²) in [5, 5.41) is 0. The van der Waals surface area contributed by atoms with E-state index in [9.17, 15) is 8.42 Å². The maximum atomic E-state index is 13.2. The minimum absolute atomic E-state index is 0.251. The molecule has 0 amide bonds. The Kier molecular flexibility index (Phi) is 22.4. The summed E-state index contributed by atoms with van der Waals surface area (Å²) in [6.45, 7) is 16.1. The van der Waals surface area contributed by atoms with Crippen LogP contribution in [0.2, 0.25) is 26.6 Å². The fourth-order valence-electron chi connectivity index (χ4n) is 5.70. The third kappa shape index (κ3) is 15.6. The molecule has 0 saturated heterocycles. The Balaban J connectivity index is 5.66. The number of allylic oxidation sites excluding steroid dienone is 1. The summed E-state index contributed by atoms with van der Waals surface area (Å²) < 4.78 is 38.9. The van der Waals surface area contributed by atoms with Crippen LogP contribution in [0, 0.1) is 0 Å². The number of hydrogen-bond donors (Lipinski definition) is 0. The van der Waals surface area contributed by atoms with Crippen LogP contribution in [0.4, 0.5) is 0 Å². The van der Waals surface area contributed by atoms with Crippen LogP contribution in [-0.4, -0.2) is 56.7 Å². The summed E-state index contributed by atoms with van der Waals surface area (Å²) in [4.78, 5) is 0. The zero-order valence-electron chi connectivity index (χ0n) is 25.6. The van der Waals surface area contributed by atoms with Crippen LogP contribution in [0.25, 0.3) is 0 Å². The molecular formula is C31H64O2SSn2. The molecule has 214 valence electrons. The first-order valence-electron chi connectivity index (χ1n) is 15.8. The molecule has 0 aliphatic heterocycles. The summed E-state index contributed by atoms with van der Waals surface area (Å²) in [6.07, 6.45) is 19.8. The topological polar surface area (TPSA) is 34.1 Å². The van der Waals surface area contributed by atoms with Gasteiger partial charge in [-0.1, -0.05) is 0 Å². The molecule has 0 heterocycles. The second-order valence-electron chi connectivity index (χ2n) is 11.6. The van der Waals surface area contributed by atoms with Crippen LogP contribution in [0.3, 0.4) is 0 Å². The monoisotopic (exact) mass is 740 g/mol. The van der Waals surface area contributed by atoms with Crippen LogP contribution in [-0.2, 0) is 9.84 Å². The van der Waals surface area contributed by atoms with Gasteiger partial charge in [0.1, 0.15) is 0 Å². The van der Waals surface area contributed by atoms with Crippen molar-refractivity contribution in [3.8, 4) is 0 Å². The van der Waals surface area contributed by atoms with Gasteiger partial charge >= 0.3 is 238 Å². The van der Waals surface area contributed by atoms with E-state index in [0.29, 0.717) is 0 Å². The molecule has 0 aromatic carbocycles. The number of hydrogen-bond acceptors (Lipinski definition) is 2. The Labute approximate surface area is 236 Å². The van der Waals surface area contributed by atoms with Crippen LogP contribution in [0.1, 0.15) is 126 Å². The summed E-state index contributed by atoms with van der Waals surface area (Å²) in [5.41, 5.74) is 0. The predicted molar refractivity (Wildman–Crippen MR) is 171 cm³/mol. The molecule has 0 aromatic rings. The third-order valence-electron chi connectivity index (χ3n) is 8.41. The molecular weight excluding hydrogens is 674 g/mol. The number of unbranched alkanes of at least 4 members (excludes halogenated alkanes) is 6. The van der Waals surface area contributed by atoms with Crippen molar-refractivity contribution in [1.82, 2.24) is 0 Å². The van der Waals surface area contributed by atoms with Gasteiger partial charge in [-0.3, -0.25) is 0 Å². The van der Waals surface area contributed by atoms with Gasteiger partial charge in [-0.25, -0.2) is 0 Å². The first-order valence-corrected chi connectivity index (χ1v) is 32.8. The van der Waals surface area contributed by atoms with Gasteiger partial charge in [-0.05, 0) is 0 Å². The van der Waals surface area contributed by atoms with Crippen LogP contribution in [0.15, 0.2) is 19.8 Å². The minimum atomic E-state index is -3.08. The van der Waals surface area contributed by atoms with E-state index in [1.165, 1.54) is 104 Å². The molecule has 0 radical (unpaired) electrons. The number of rotatable bonds is 24. The molecule has 2 nitrogen and oxygen atoms in total. The summed E-state index contributed by atoms with van der Waals surface area (Å²) in [6, 6.07) is 0. The summed E-state index contributed by atoms with van der Waals surface area (Å²) in [7, 11) is -3.08. The van der Waals surface area contributed by atoms with Crippen molar-refractivity contribution in [2.75, 3.05) is 11.5 Å². The maximum absolute atomic E-state index is 13.2. The van der Waals surface area contributed by atoms with E-state index >= 15 is 0 Å². The summed E-state index contributed by atoms with van der Waals surface area (Å²) in [5.74, 6) is 0.509. The molecule has 0 aliphatic carbocycles. The van der Waals surface area contributed by atoms with Gasteiger partial charge in [0, 0.05) is 0 Å². The first kappa shape index (κ1) is 37.0. The Morgan fingerprint density at radius 1 is 0.583 bits per heavy atom. The Morgan fingerprint density at radius 3 is 1.31 bits per heavy atom. The molecule has 0 rings (SSSR count). The molecule has 0 N–H and O–H groups in total. The molecule has 0 saturated carbocycles. The molecule has 0 atom stereocenters. The molecule has 5 heteroatoms. The van der Waals surface area contributed by atoms with E-state index in [1.807, 2.05) is 0 Å². The van der Waals surface area contributed by atoms with Crippen molar-refractivity contribution in [3.63, 3.8) is 0 Å². The van der Waals surface area contributed by atoms with Gasteiger partial charge in [0.05, 0.1) is 0 Å². The normalized spacial score (nSPS) is 13.7. The Bertz CT molecular complexity index is 654. The van der Waals surface area contributed by atoms with E-state index in [4.69, 9.17) is 0 Å². The van der Waals surface area contributed by atoms with E-state index in [0.717, 1.165) is 0 Å². The molecule has 0 fully saturated rings. The van der Waals surface area contributed by atoms with Gasteiger partial charge < -0.3 is 0 Å². The van der Waals surface area contributed by atoms with Crippen molar-refractivity contribution in [2.24, 2.45) is 0 Å². The molecule has 0 bridgehead atoms. The van der Waals surface area contributed by atoms with Crippen LogP contribution >= 0.6 is 0 Å². The molecule has 36 heavy (non-hydrogen) atoms. The molecule has 0 spiro atoms. The fourth-order valence-corrected chi connectivity index (χ4v) is 37.9. The molecule has 0 aromatic heterocycles. The number of sulfone groups is 1. The van der Waals surface area contributed by atoms with Crippen LogP contribution in [0.5, 0.6) is 0 Å². The average Bonchev–Trinajstić information content (AvgIpc) is 2.87. The third-order valence-corrected chi connectivity index (χ3v) is 40.6. The quantitative estimate of drug-likeness (QED) is 0.0925. The van der Waals surface area contributed by atoms with Gasteiger partial charge in [0.15, 0.2) is 0 Å². The Morgan fingerprint density at radius 2 is 0.944 bits per heavy atom. The predicted octanol–water partition coefficient (Wildman–Crippen LogP) is 10.7. The van der Waals surface area contributed by atoms with E-state index < -0.39 is 46.6 Å². The molecule has 0 aliphatic rings. The fraction of sp³-hybridized carbons (Fsp3) is 0.871. The van der Waals surface area contributed by atoms with Gasteiger partial charge in [0.25, 0.3) is 0 Å². The van der Waals surface area contributed by atoms with Crippen molar-refractivity contribution in [3.05, 3.63) is 19.8 Å². The van der Waals surface area contributed by atoms with Gasteiger partial charge in [0.2, 0.25) is 0 Å².